The fraction of sp³-hybridized carbons (Fsp3) is 0.583. The van der Waals surface area contributed by atoms with Crippen LogP contribution >= 0.6 is 11.8 Å². The molecule has 1 heterocycles. The van der Waals surface area contributed by atoms with E-state index in [1.54, 1.807) is 0 Å². The Bertz CT molecular complexity index is 408. The molecular formula is C12H17F2NO4S. The molecule has 0 bridgehead atoms. The molecule has 5 nitrogen and oxygen atoms in total. The molecule has 0 aromatic carbocycles. The number of alkyl halides is 2. The second kappa shape index (κ2) is 8.93. The lowest BCUT2D eigenvalue weighted by atomic mass is 10.2. The van der Waals surface area contributed by atoms with Crippen LogP contribution in [-0.4, -0.2) is 43.1 Å². The number of methoxy groups -OCH3 is 1. The minimum absolute atomic E-state index is 0.00306. The number of amides is 1. The highest BCUT2D eigenvalue weighted by atomic mass is 32.2. The van der Waals surface area contributed by atoms with Crippen LogP contribution < -0.4 is 5.32 Å². The van der Waals surface area contributed by atoms with Gasteiger partial charge in [0.1, 0.15) is 5.76 Å². The summed E-state index contributed by atoms with van der Waals surface area (Å²) in [5.41, 5.74) is 0. The third-order valence-corrected chi connectivity index (χ3v) is 3.12. The minimum atomic E-state index is -2.48. The summed E-state index contributed by atoms with van der Waals surface area (Å²) in [6.07, 6.45) is 0.356. The van der Waals surface area contributed by atoms with Crippen molar-refractivity contribution in [1.82, 2.24) is 5.32 Å². The topological polar surface area (TPSA) is 71.7 Å². The Morgan fingerprint density at radius 2 is 2.30 bits per heavy atom. The van der Waals surface area contributed by atoms with Crippen molar-refractivity contribution in [1.29, 1.82) is 0 Å². The molecule has 0 aliphatic carbocycles. The summed E-state index contributed by atoms with van der Waals surface area (Å²) < 4.78 is 34.2. The maximum absolute atomic E-state index is 12.0. The van der Waals surface area contributed by atoms with E-state index >= 15 is 0 Å². The van der Waals surface area contributed by atoms with Crippen LogP contribution in [0.1, 0.15) is 22.7 Å². The molecule has 0 aliphatic rings. The van der Waals surface area contributed by atoms with Crippen molar-refractivity contribution in [3.05, 3.63) is 23.7 Å². The van der Waals surface area contributed by atoms with E-state index in [2.05, 4.69) is 5.32 Å². The Morgan fingerprint density at radius 3 is 2.90 bits per heavy atom. The highest BCUT2D eigenvalue weighted by Gasteiger charge is 2.17. The fourth-order valence-corrected chi connectivity index (χ4v) is 1.98. The van der Waals surface area contributed by atoms with Gasteiger partial charge in [-0.2, -0.15) is 8.78 Å². The third-order valence-electron chi connectivity index (χ3n) is 2.42. The molecule has 1 atom stereocenters. The van der Waals surface area contributed by atoms with Crippen molar-refractivity contribution in [3.8, 4) is 0 Å². The Labute approximate surface area is 119 Å². The zero-order valence-corrected chi connectivity index (χ0v) is 11.8. The van der Waals surface area contributed by atoms with Gasteiger partial charge in [0.25, 0.3) is 11.7 Å². The third kappa shape index (κ3) is 5.89. The van der Waals surface area contributed by atoms with Gasteiger partial charge in [0.15, 0.2) is 5.76 Å². The van der Waals surface area contributed by atoms with Crippen molar-refractivity contribution in [2.45, 2.75) is 24.0 Å². The number of furan rings is 1. The first-order valence-electron chi connectivity index (χ1n) is 5.96. The Hall–Kier alpha value is -1.12. The van der Waals surface area contributed by atoms with Gasteiger partial charge in [-0.25, -0.2) is 0 Å². The number of hydrogen-bond donors (Lipinski definition) is 2. The summed E-state index contributed by atoms with van der Waals surface area (Å²) >= 11 is 0.428. The summed E-state index contributed by atoms with van der Waals surface area (Å²) in [5, 5.41) is 11.5. The largest absolute Gasteiger partial charge is 0.455 e. The van der Waals surface area contributed by atoms with Gasteiger partial charge in [-0.3, -0.25) is 4.79 Å². The highest BCUT2D eigenvalue weighted by molar-refractivity contribution is 7.98. The quantitative estimate of drug-likeness (QED) is 0.728. The number of aliphatic hydroxyl groups excluding tert-OH is 1. The van der Waals surface area contributed by atoms with E-state index in [0.29, 0.717) is 23.9 Å². The molecule has 8 heteroatoms. The average Bonchev–Trinajstić information content (AvgIpc) is 2.85. The molecule has 0 radical (unpaired) electrons. The summed E-state index contributed by atoms with van der Waals surface area (Å²) in [6.45, 7) is 0.184. The average molecular weight is 309 g/mol. The van der Waals surface area contributed by atoms with Crippen molar-refractivity contribution < 1.29 is 27.8 Å². The number of hydrogen-bond acceptors (Lipinski definition) is 5. The molecule has 1 rings (SSSR count). The molecule has 114 valence electrons. The molecule has 2 N–H and O–H groups in total. The monoisotopic (exact) mass is 309 g/mol. The second-order valence-corrected chi connectivity index (χ2v) is 4.95. The van der Waals surface area contributed by atoms with Crippen molar-refractivity contribution in [3.63, 3.8) is 0 Å². The number of nitrogens with one attached hydrogen (secondary N) is 1. The lowest BCUT2D eigenvalue weighted by Gasteiger charge is -2.15. The molecule has 0 fully saturated rings. The molecule has 1 aromatic rings. The molecule has 20 heavy (non-hydrogen) atoms. The van der Waals surface area contributed by atoms with Crippen LogP contribution in [0.5, 0.6) is 0 Å². The van der Waals surface area contributed by atoms with Crippen LogP contribution in [0.15, 0.2) is 16.5 Å². The number of halogens is 2. The standard InChI is InChI=1S/C12H17F2NO4S/c1-18-6-8(4-5-16)15-11(17)10-3-2-9(19-10)7-20-12(13)14/h2-3,8,12,16H,4-7H2,1H3,(H,15,17). The van der Waals surface area contributed by atoms with Crippen LogP contribution in [0.4, 0.5) is 8.78 Å². The van der Waals surface area contributed by atoms with Gasteiger partial charge in [0, 0.05) is 13.7 Å². The Morgan fingerprint density at radius 1 is 1.55 bits per heavy atom. The van der Waals surface area contributed by atoms with Crippen molar-refractivity contribution in [2.75, 3.05) is 20.3 Å². The van der Waals surface area contributed by atoms with E-state index in [1.165, 1.54) is 19.2 Å². The Balaban J connectivity index is 2.53. The number of aliphatic hydroxyl groups is 1. The molecule has 0 saturated heterocycles. The first-order valence-corrected chi connectivity index (χ1v) is 7.00. The summed E-state index contributed by atoms with van der Waals surface area (Å²) in [6, 6.07) is 2.59. The molecule has 1 aromatic heterocycles. The van der Waals surface area contributed by atoms with Crippen LogP contribution in [0.25, 0.3) is 0 Å². The fourth-order valence-electron chi connectivity index (χ4n) is 1.53. The second-order valence-electron chi connectivity index (χ2n) is 3.98. The maximum Gasteiger partial charge on any atom is 0.287 e. The summed E-state index contributed by atoms with van der Waals surface area (Å²) in [5.74, 6) is -2.58. The molecule has 0 aliphatic heterocycles. The van der Waals surface area contributed by atoms with Crippen LogP contribution in [-0.2, 0) is 10.5 Å². The smallest absolute Gasteiger partial charge is 0.287 e. The first kappa shape index (κ1) is 16.9. The van der Waals surface area contributed by atoms with Crippen LogP contribution in [0, 0.1) is 0 Å². The summed E-state index contributed by atoms with van der Waals surface area (Å²) in [7, 11) is 1.49. The van der Waals surface area contributed by atoms with Gasteiger partial charge in [0.05, 0.1) is 18.4 Å². The van der Waals surface area contributed by atoms with Gasteiger partial charge in [-0.05, 0) is 18.6 Å². The van der Waals surface area contributed by atoms with E-state index in [9.17, 15) is 13.6 Å². The van der Waals surface area contributed by atoms with Crippen molar-refractivity contribution in [2.24, 2.45) is 0 Å². The molecule has 0 saturated carbocycles. The molecule has 0 spiro atoms. The van der Waals surface area contributed by atoms with E-state index in [1.807, 2.05) is 0 Å². The Kier molecular flexibility index (Phi) is 7.56. The van der Waals surface area contributed by atoms with Crippen LogP contribution in [0.2, 0.25) is 0 Å². The van der Waals surface area contributed by atoms with Gasteiger partial charge in [0.2, 0.25) is 0 Å². The molecule has 1 unspecified atom stereocenters. The van der Waals surface area contributed by atoms with E-state index in [-0.39, 0.29) is 30.8 Å². The normalized spacial score (nSPS) is 12.7. The lowest BCUT2D eigenvalue weighted by Crippen LogP contribution is -2.38. The number of ether oxygens (including phenoxy) is 1. The number of carbonyl (C=O) groups is 1. The zero-order chi connectivity index (χ0) is 15.0. The predicted molar refractivity (Wildman–Crippen MR) is 70.8 cm³/mol. The molecular weight excluding hydrogens is 292 g/mol. The number of rotatable bonds is 9. The van der Waals surface area contributed by atoms with E-state index in [4.69, 9.17) is 14.3 Å². The minimum Gasteiger partial charge on any atom is -0.455 e. The van der Waals surface area contributed by atoms with Gasteiger partial charge in [-0.15, -0.1) is 0 Å². The van der Waals surface area contributed by atoms with Gasteiger partial charge < -0.3 is 19.6 Å². The maximum atomic E-state index is 12.0. The van der Waals surface area contributed by atoms with Gasteiger partial charge >= 0.3 is 0 Å². The number of carbonyl (C=O) groups excluding carboxylic acids is 1. The predicted octanol–water partition coefficient (Wildman–Crippen LogP) is 1.86. The van der Waals surface area contributed by atoms with Gasteiger partial charge in [-0.1, -0.05) is 11.8 Å². The SMILES string of the molecule is COCC(CCO)NC(=O)c1ccc(CSC(F)F)o1. The van der Waals surface area contributed by atoms with E-state index in [0.717, 1.165) is 0 Å². The summed E-state index contributed by atoms with van der Waals surface area (Å²) in [4.78, 5) is 11.9. The van der Waals surface area contributed by atoms with E-state index < -0.39 is 11.7 Å². The highest BCUT2D eigenvalue weighted by Crippen LogP contribution is 2.21. The number of thioether (sulfide) groups is 1. The first-order chi connectivity index (χ1) is 9.56. The zero-order valence-electron chi connectivity index (χ0n) is 11.0. The van der Waals surface area contributed by atoms with Crippen LogP contribution in [0.3, 0.4) is 0 Å². The molecule has 1 amide bonds. The lowest BCUT2D eigenvalue weighted by molar-refractivity contribution is 0.0850. The van der Waals surface area contributed by atoms with Crippen molar-refractivity contribution >= 4 is 17.7 Å².